The summed E-state index contributed by atoms with van der Waals surface area (Å²) in [6.07, 6.45) is 0. The third kappa shape index (κ3) is 6.58. The average molecular weight is 483 g/mol. The van der Waals surface area contributed by atoms with Gasteiger partial charge in [0.25, 0.3) is 5.91 Å². The fourth-order valence-electron chi connectivity index (χ4n) is 2.84. The Morgan fingerprint density at radius 2 is 1.61 bits per heavy atom. The number of ether oxygens (including phenoxy) is 2. The molecule has 0 atom stereocenters. The summed E-state index contributed by atoms with van der Waals surface area (Å²) in [6.45, 7) is 0.624. The Bertz CT molecular complexity index is 1040. The van der Waals surface area contributed by atoms with Crippen LogP contribution < -0.4 is 20.1 Å². The van der Waals surface area contributed by atoms with Crippen LogP contribution in [0.4, 0.5) is 0 Å². The molecule has 2 N–H and O–H groups in total. The summed E-state index contributed by atoms with van der Waals surface area (Å²) in [6, 6.07) is 22.4. The highest BCUT2D eigenvalue weighted by Crippen LogP contribution is 2.28. The second kappa shape index (κ2) is 11.2. The minimum atomic E-state index is -0.316. The number of rotatable bonds is 9. The number of hydrogen-bond acceptors (Lipinski definition) is 4. The summed E-state index contributed by atoms with van der Waals surface area (Å²) in [5, 5.41) is 5.40. The number of methoxy groups -OCH3 is 1. The van der Waals surface area contributed by atoms with Crippen molar-refractivity contribution in [2.75, 3.05) is 13.7 Å². The predicted molar refractivity (Wildman–Crippen MR) is 122 cm³/mol. The molecule has 0 saturated heterocycles. The van der Waals surface area contributed by atoms with Gasteiger partial charge in [-0.05, 0) is 51.3 Å². The Morgan fingerprint density at radius 1 is 0.871 bits per heavy atom. The Kier molecular flexibility index (Phi) is 8.06. The minimum Gasteiger partial charge on any atom is -0.493 e. The highest BCUT2D eigenvalue weighted by Gasteiger charge is 2.11. The van der Waals surface area contributed by atoms with Crippen molar-refractivity contribution in [1.82, 2.24) is 10.6 Å². The van der Waals surface area contributed by atoms with Gasteiger partial charge in [-0.3, -0.25) is 9.59 Å². The van der Waals surface area contributed by atoms with Crippen molar-refractivity contribution in [3.8, 4) is 11.5 Å². The van der Waals surface area contributed by atoms with Crippen LogP contribution in [0.3, 0.4) is 0 Å². The third-order valence-corrected chi connectivity index (χ3v) is 5.17. The van der Waals surface area contributed by atoms with E-state index in [-0.39, 0.29) is 18.4 Å². The van der Waals surface area contributed by atoms with E-state index < -0.39 is 0 Å². The zero-order valence-electron chi connectivity index (χ0n) is 17.1. The average Bonchev–Trinajstić information content (AvgIpc) is 2.81. The first-order valence-corrected chi connectivity index (χ1v) is 10.5. The number of benzene rings is 3. The normalized spacial score (nSPS) is 10.3. The lowest BCUT2D eigenvalue weighted by atomic mass is 10.2. The van der Waals surface area contributed by atoms with Gasteiger partial charge in [0.2, 0.25) is 5.91 Å². The van der Waals surface area contributed by atoms with E-state index in [2.05, 4.69) is 26.6 Å². The highest BCUT2D eigenvalue weighted by atomic mass is 79.9. The SMILES string of the molecule is COc1cc(CNC(=O)CNC(=O)c2ccccc2Br)ccc1OCc1ccccc1. The summed E-state index contributed by atoms with van der Waals surface area (Å²) in [7, 11) is 1.57. The van der Waals surface area contributed by atoms with E-state index in [4.69, 9.17) is 9.47 Å². The number of carbonyl (C=O) groups excluding carboxylic acids is 2. The van der Waals surface area contributed by atoms with Crippen molar-refractivity contribution in [3.63, 3.8) is 0 Å². The molecule has 3 rings (SSSR count). The molecule has 3 aromatic carbocycles. The summed E-state index contributed by atoms with van der Waals surface area (Å²) >= 11 is 3.33. The van der Waals surface area contributed by atoms with Crippen molar-refractivity contribution in [1.29, 1.82) is 0 Å². The molecule has 0 heterocycles. The van der Waals surface area contributed by atoms with Crippen LogP contribution in [-0.4, -0.2) is 25.5 Å². The van der Waals surface area contributed by atoms with Crippen LogP contribution in [0.15, 0.2) is 77.3 Å². The molecule has 0 aliphatic carbocycles. The van der Waals surface area contributed by atoms with Gasteiger partial charge < -0.3 is 20.1 Å². The second-order valence-corrected chi connectivity index (χ2v) is 7.55. The molecule has 160 valence electrons. The molecule has 0 spiro atoms. The molecule has 7 heteroatoms. The number of amides is 2. The van der Waals surface area contributed by atoms with Crippen molar-refractivity contribution >= 4 is 27.7 Å². The summed E-state index contributed by atoms with van der Waals surface area (Å²) in [5.74, 6) is 0.611. The lowest BCUT2D eigenvalue weighted by Crippen LogP contribution is -2.36. The highest BCUT2D eigenvalue weighted by molar-refractivity contribution is 9.10. The Morgan fingerprint density at radius 3 is 2.35 bits per heavy atom. The van der Waals surface area contributed by atoms with Crippen LogP contribution in [0.2, 0.25) is 0 Å². The summed E-state index contributed by atoms with van der Waals surface area (Å²) in [4.78, 5) is 24.3. The van der Waals surface area contributed by atoms with E-state index in [1.54, 1.807) is 25.3 Å². The molecule has 2 amide bonds. The molecular formula is C24H23BrN2O4. The quantitative estimate of drug-likeness (QED) is 0.481. The molecule has 0 radical (unpaired) electrons. The number of halogens is 1. The molecule has 0 aliphatic heterocycles. The number of carbonyl (C=O) groups is 2. The first-order chi connectivity index (χ1) is 15.1. The van der Waals surface area contributed by atoms with E-state index in [0.717, 1.165) is 11.1 Å². The van der Waals surface area contributed by atoms with E-state index in [1.807, 2.05) is 54.6 Å². The molecule has 0 unspecified atom stereocenters. The summed E-state index contributed by atoms with van der Waals surface area (Å²) < 4.78 is 11.9. The van der Waals surface area contributed by atoms with E-state index >= 15 is 0 Å². The lowest BCUT2D eigenvalue weighted by molar-refractivity contribution is -0.120. The zero-order chi connectivity index (χ0) is 22.1. The van der Waals surface area contributed by atoms with Crippen LogP contribution in [-0.2, 0) is 17.9 Å². The first kappa shape index (κ1) is 22.4. The van der Waals surface area contributed by atoms with Crippen molar-refractivity contribution in [2.24, 2.45) is 0 Å². The van der Waals surface area contributed by atoms with E-state index in [1.165, 1.54) is 0 Å². The fraction of sp³-hybridized carbons (Fsp3) is 0.167. The van der Waals surface area contributed by atoms with Gasteiger partial charge >= 0.3 is 0 Å². The molecule has 6 nitrogen and oxygen atoms in total. The monoisotopic (exact) mass is 482 g/mol. The maximum absolute atomic E-state index is 12.2. The van der Waals surface area contributed by atoms with Gasteiger partial charge in [-0.1, -0.05) is 48.5 Å². The smallest absolute Gasteiger partial charge is 0.252 e. The van der Waals surface area contributed by atoms with Crippen LogP contribution in [0.1, 0.15) is 21.5 Å². The summed E-state index contributed by atoms with van der Waals surface area (Å²) in [5.41, 5.74) is 2.39. The first-order valence-electron chi connectivity index (χ1n) is 9.70. The molecule has 0 bridgehead atoms. The molecule has 0 saturated carbocycles. The third-order valence-electron chi connectivity index (χ3n) is 4.48. The fourth-order valence-corrected chi connectivity index (χ4v) is 3.31. The van der Waals surface area contributed by atoms with Gasteiger partial charge in [0.1, 0.15) is 6.61 Å². The molecule has 31 heavy (non-hydrogen) atoms. The molecular weight excluding hydrogens is 460 g/mol. The Balaban J connectivity index is 1.50. The maximum atomic E-state index is 12.2. The Hall–Kier alpha value is -3.32. The van der Waals surface area contributed by atoms with Crippen molar-refractivity contribution in [2.45, 2.75) is 13.2 Å². The second-order valence-electron chi connectivity index (χ2n) is 6.70. The van der Waals surface area contributed by atoms with E-state index in [9.17, 15) is 9.59 Å². The maximum Gasteiger partial charge on any atom is 0.252 e. The van der Waals surface area contributed by atoms with E-state index in [0.29, 0.717) is 34.7 Å². The van der Waals surface area contributed by atoms with Crippen LogP contribution in [0, 0.1) is 0 Å². The molecule has 0 aliphatic rings. The van der Waals surface area contributed by atoms with Crippen LogP contribution in [0.5, 0.6) is 11.5 Å². The molecule has 3 aromatic rings. The van der Waals surface area contributed by atoms with Crippen LogP contribution in [0.25, 0.3) is 0 Å². The van der Waals surface area contributed by atoms with Gasteiger partial charge in [-0.2, -0.15) is 0 Å². The van der Waals surface area contributed by atoms with Crippen molar-refractivity contribution in [3.05, 3.63) is 94.0 Å². The molecule has 0 aromatic heterocycles. The Labute approximate surface area is 189 Å². The van der Waals surface area contributed by atoms with Crippen LogP contribution >= 0.6 is 15.9 Å². The lowest BCUT2D eigenvalue weighted by Gasteiger charge is -2.13. The standard InChI is InChI=1S/C24H23BrN2O4/c1-30-22-13-18(11-12-21(22)31-16-17-7-3-2-4-8-17)14-26-23(28)15-27-24(29)19-9-5-6-10-20(19)25/h2-13H,14-16H2,1H3,(H,26,28)(H,27,29). The topological polar surface area (TPSA) is 76.7 Å². The van der Waals surface area contributed by atoms with Gasteiger partial charge in [0.05, 0.1) is 19.2 Å². The van der Waals surface area contributed by atoms with Gasteiger partial charge in [-0.25, -0.2) is 0 Å². The minimum absolute atomic E-state index is 0.116. The van der Waals surface area contributed by atoms with Gasteiger partial charge in [-0.15, -0.1) is 0 Å². The van der Waals surface area contributed by atoms with Gasteiger partial charge in [0.15, 0.2) is 11.5 Å². The zero-order valence-corrected chi connectivity index (χ0v) is 18.6. The molecule has 0 fully saturated rings. The number of hydrogen-bond donors (Lipinski definition) is 2. The number of nitrogens with one attached hydrogen (secondary N) is 2. The van der Waals surface area contributed by atoms with Crippen molar-refractivity contribution < 1.29 is 19.1 Å². The predicted octanol–water partition coefficient (Wildman–Crippen LogP) is 4.08. The largest absolute Gasteiger partial charge is 0.493 e. The van der Waals surface area contributed by atoms with Gasteiger partial charge in [0, 0.05) is 11.0 Å².